The van der Waals surface area contributed by atoms with Gasteiger partial charge in [-0.2, -0.15) is 0 Å². The van der Waals surface area contributed by atoms with Gasteiger partial charge in [0.1, 0.15) is 11.5 Å². The minimum Gasteiger partial charge on any atom is -0.494 e. The molecule has 0 saturated carbocycles. The van der Waals surface area contributed by atoms with Crippen molar-refractivity contribution in [3.8, 4) is 11.5 Å². The van der Waals surface area contributed by atoms with Gasteiger partial charge < -0.3 is 19.5 Å². The number of rotatable bonds is 6. The fourth-order valence-corrected chi connectivity index (χ4v) is 2.70. The van der Waals surface area contributed by atoms with Crippen LogP contribution in [0.5, 0.6) is 11.5 Å². The van der Waals surface area contributed by atoms with Gasteiger partial charge in [-0.15, -0.1) is 0 Å². The Kier molecular flexibility index (Phi) is 4.88. The summed E-state index contributed by atoms with van der Waals surface area (Å²) in [5.41, 5.74) is 1.74. The Morgan fingerprint density at radius 2 is 2.12 bits per heavy atom. The molecule has 25 heavy (non-hydrogen) atoms. The molecule has 1 aliphatic heterocycles. The predicted octanol–water partition coefficient (Wildman–Crippen LogP) is 2.89. The number of nitrogens with zero attached hydrogens (tertiary/aromatic N) is 1. The molecule has 0 unspecified atom stereocenters. The number of anilines is 1. The summed E-state index contributed by atoms with van der Waals surface area (Å²) in [5.74, 6) is 0.0835. The monoisotopic (exact) mass is 341 g/mol. The van der Waals surface area contributed by atoms with Gasteiger partial charge in [-0.05, 0) is 49.2 Å². The maximum absolute atomic E-state index is 12.2. The van der Waals surface area contributed by atoms with Gasteiger partial charge in [-0.25, -0.2) is 4.79 Å². The smallest absolute Gasteiger partial charge is 0.335 e. The van der Waals surface area contributed by atoms with Crippen LogP contribution >= 0.6 is 0 Å². The molecule has 1 N–H and O–H groups in total. The van der Waals surface area contributed by atoms with E-state index in [1.165, 1.54) is 12.1 Å². The van der Waals surface area contributed by atoms with E-state index in [2.05, 4.69) is 0 Å². The summed E-state index contributed by atoms with van der Waals surface area (Å²) in [6.07, 6.45) is 0.621. The molecule has 0 atom stereocenters. The first kappa shape index (κ1) is 16.8. The third-order valence-corrected chi connectivity index (χ3v) is 3.93. The average molecular weight is 341 g/mol. The van der Waals surface area contributed by atoms with E-state index in [-0.39, 0.29) is 18.1 Å². The number of benzene rings is 2. The molecule has 0 saturated heterocycles. The molecule has 0 spiro atoms. The van der Waals surface area contributed by atoms with E-state index in [1.54, 1.807) is 11.0 Å². The Hall–Kier alpha value is -3.02. The summed E-state index contributed by atoms with van der Waals surface area (Å²) in [4.78, 5) is 24.9. The van der Waals surface area contributed by atoms with Gasteiger partial charge in [0.15, 0.2) is 6.61 Å². The van der Waals surface area contributed by atoms with E-state index in [9.17, 15) is 9.59 Å². The highest BCUT2D eigenvalue weighted by atomic mass is 16.5. The summed E-state index contributed by atoms with van der Waals surface area (Å²) < 4.78 is 11.1. The van der Waals surface area contributed by atoms with Crippen LogP contribution in [0, 0.1) is 6.92 Å². The maximum atomic E-state index is 12.2. The topological polar surface area (TPSA) is 76.1 Å². The zero-order valence-corrected chi connectivity index (χ0v) is 13.9. The van der Waals surface area contributed by atoms with Crippen LogP contribution in [0.4, 0.5) is 5.69 Å². The second-order valence-electron chi connectivity index (χ2n) is 5.84. The van der Waals surface area contributed by atoms with Gasteiger partial charge in [0.2, 0.25) is 0 Å². The molecule has 1 amide bonds. The number of carboxylic acid groups (broad SMARTS) is 1. The molecule has 0 aliphatic carbocycles. The van der Waals surface area contributed by atoms with Crippen LogP contribution in [0.2, 0.25) is 0 Å². The Labute approximate surface area is 145 Å². The molecule has 2 aromatic rings. The summed E-state index contributed by atoms with van der Waals surface area (Å²) in [6, 6.07) is 12.3. The van der Waals surface area contributed by atoms with Gasteiger partial charge in [0.25, 0.3) is 5.91 Å². The van der Waals surface area contributed by atoms with Crippen LogP contribution in [-0.2, 0) is 4.79 Å². The summed E-state index contributed by atoms with van der Waals surface area (Å²) >= 11 is 0. The zero-order chi connectivity index (χ0) is 17.8. The number of hydrogen-bond acceptors (Lipinski definition) is 4. The normalized spacial score (nSPS) is 13.2. The third kappa shape index (κ3) is 3.91. The fraction of sp³-hybridized carbons (Fsp3) is 0.263. The second kappa shape index (κ2) is 7.25. The minimum absolute atomic E-state index is 0.0435. The number of carboxylic acids is 1. The van der Waals surface area contributed by atoms with E-state index in [0.717, 1.165) is 11.3 Å². The highest BCUT2D eigenvalue weighted by Gasteiger charge is 2.26. The predicted molar refractivity (Wildman–Crippen MR) is 92.5 cm³/mol. The maximum Gasteiger partial charge on any atom is 0.335 e. The number of carbonyl (C=O) groups excluding carboxylic acids is 1. The first-order valence-electron chi connectivity index (χ1n) is 8.04. The minimum atomic E-state index is -1.04. The number of carbonyl (C=O) groups is 2. The zero-order valence-electron chi connectivity index (χ0n) is 13.9. The van der Waals surface area contributed by atoms with E-state index >= 15 is 0 Å². The molecule has 0 fully saturated rings. The number of hydrogen-bond donors (Lipinski definition) is 1. The van der Waals surface area contributed by atoms with E-state index in [1.807, 2.05) is 31.2 Å². The van der Waals surface area contributed by atoms with Crippen molar-refractivity contribution < 1.29 is 24.2 Å². The molecule has 3 rings (SSSR count). The molecular weight excluding hydrogens is 322 g/mol. The fourth-order valence-electron chi connectivity index (χ4n) is 2.70. The van der Waals surface area contributed by atoms with Crippen molar-refractivity contribution in [1.29, 1.82) is 0 Å². The summed E-state index contributed by atoms with van der Waals surface area (Å²) in [7, 11) is 0. The van der Waals surface area contributed by atoms with E-state index in [0.29, 0.717) is 31.0 Å². The molecule has 6 heteroatoms. The Bertz CT molecular complexity index is 802. The Morgan fingerprint density at radius 3 is 2.88 bits per heavy atom. The highest BCUT2D eigenvalue weighted by Crippen LogP contribution is 2.33. The SMILES string of the molecule is Cc1cccc(OCCCN2C(=O)COc3ccc(C(=O)O)cc32)c1. The van der Waals surface area contributed by atoms with Gasteiger partial charge in [-0.1, -0.05) is 12.1 Å². The number of ether oxygens (including phenoxy) is 2. The van der Waals surface area contributed by atoms with Crippen LogP contribution in [0.25, 0.3) is 0 Å². The largest absolute Gasteiger partial charge is 0.494 e. The van der Waals surface area contributed by atoms with Crippen LogP contribution in [0.3, 0.4) is 0 Å². The molecule has 1 heterocycles. The van der Waals surface area contributed by atoms with Crippen LogP contribution in [-0.4, -0.2) is 36.7 Å². The summed E-state index contributed by atoms with van der Waals surface area (Å²) in [6.45, 7) is 2.85. The number of aryl methyl sites for hydroxylation is 1. The van der Waals surface area contributed by atoms with Gasteiger partial charge >= 0.3 is 5.97 Å². The standard InChI is InChI=1S/C19H19NO5/c1-13-4-2-5-15(10-13)24-9-3-8-20-16-11-14(19(22)23)6-7-17(16)25-12-18(20)21/h2,4-7,10-11H,3,8-9,12H2,1H3,(H,22,23). The molecular formula is C19H19NO5. The van der Waals surface area contributed by atoms with Crippen molar-refractivity contribution in [3.05, 3.63) is 53.6 Å². The van der Waals surface area contributed by atoms with Crippen molar-refractivity contribution in [1.82, 2.24) is 0 Å². The lowest BCUT2D eigenvalue weighted by Crippen LogP contribution is -2.40. The third-order valence-electron chi connectivity index (χ3n) is 3.93. The summed E-state index contributed by atoms with van der Waals surface area (Å²) in [5, 5.41) is 9.14. The molecule has 1 aliphatic rings. The van der Waals surface area contributed by atoms with Crippen LogP contribution < -0.4 is 14.4 Å². The molecule has 0 aromatic heterocycles. The van der Waals surface area contributed by atoms with Crippen molar-refractivity contribution >= 4 is 17.6 Å². The first-order valence-corrected chi connectivity index (χ1v) is 8.04. The van der Waals surface area contributed by atoms with Crippen molar-refractivity contribution in [3.63, 3.8) is 0 Å². The number of aromatic carboxylic acids is 1. The lowest BCUT2D eigenvalue weighted by Gasteiger charge is -2.29. The second-order valence-corrected chi connectivity index (χ2v) is 5.84. The lowest BCUT2D eigenvalue weighted by molar-refractivity contribution is -0.121. The highest BCUT2D eigenvalue weighted by molar-refractivity contribution is 5.99. The Balaban J connectivity index is 1.65. The van der Waals surface area contributed by atoms with Gasteiger partial charge in [0.05, 0.1) is 17.9 Å². The van der Waals surface area contributed by atoms with Crippen molar-refractivity contribution in [2.75, 3.05) is 24.7 Å². The van der Waals surface area contributed by atoms with Crippen LogP contribution in [0.1, 0.15) is 22.3 Å². The quantitative estimate of drug-likeness (QED) is 0.818. The molecule has 6 nitrogen and oxygen atoms in total. The number of fused-ring (bicyclic) bond motifs is 1. The Morgan fingerprint density at radius 1 is 1.28 bits per heavy atom. The average Bonchev–Trinajstić information content (AvgIpc) is 2.59. The van der Waals surface area contributed by atoms with E-state index < -0.39 is 5.97 Å². The molecule has 130 valence electrons. The van der Waals surface area contributed by atoms with Crippen molar-refractivity contribution in [2.24, 2.45) is 0 Å². The van der Waals surface area contributed by atoms with Crippen molar-refractivity contribution in [2.45, 2.75) is 13.3 Å². The van der Waals surface area contributed by atoms with Gasteiger partial charge in [-0.3, -0.25) is 4.79 Å². The van der Waals surface area contributed by atoms with Crippen LogP contribution in [0.15, 0.2) is 42.5 Å². The number of amides is 1. The molecule has 0 radical (unpaired) electrons. The van der Waals surface area contributed by atoms with Gasteiger partial charge in [0, 0.05) is 6.54 Å². The van der Waals surface area contributed by atoms with E-state index in [4.69, 9.17) is 14.6 Å². The molecule has 0 bridgehead atoms. The lowest BCUT2D eigenvalue weighted by atomic mass is 10.1. The first-order chi connectivity index (χ1) is 12.0. The molecule has 2 aromatic carbocycles.